The second-order valence-electron chi connectivity index (χ2n) is 1.82. The monoisotopic (exact) mass is 139 g/mol. The van der Waals surface area contributed by atoms with Gasteiger partial charge in [-0.25, -0.2) is 4.39 Å². The Morgan fingerprint density at radius 3 is 3.00 bits per heavy atom. The van der Waals surface area contributed by atoms with Crippen LogP contribution >= 0.6 is 0 Å². The average Bonchev–Trinajstić information content (AvgIpc) is 1.88. The van der Waals surface area contributed by atoms with Crippen LogP contribution in [0.5, 0.6) is 5.75 Å². The molecule has 0 atom stereocenters. The fraction of sp³-hybridized carbons (Fsp3) is 0.250. The Morgan fingerprint density at radius 1 is 1.60 bits per heavy atom. The van der Waals surface area contributed by atoms with Gasteiger partial charge in [0, 0.05) is 6.07 Å². The Morgan fingerprint density at radius 2 is 2.40 bits per heavy atom. The van der Waals surface area contributed by atoms with Gasteiger partial charge in [0.05, 0.1) is 6.61 Å². The zero-order valence-corrected chi connectivity index (χ0v) is 5.73. The maximum absolute atomic E-state index is 12.4. The number of halogens is 1. The lowest BCUT2D eigenvalue weighted by atomic mass is 10.3. The molecule has 1 rings (SSSR count). The van der Waals surface area contributed by atoms with Gasteiger partial charge in [-0.3, -0.25) is 0 Å². The first-order chi connectivity index (χ1) is 4.83. The van der Waals surface area contributed by atoms with Crippen molar-refractivity contribution in [3.05, 3.63) is 30.1 Å². The van der Waals surface area contributed by atoms with E-state index in [1.165, 1.54) is 12.1 Å². The van der Waals surface area contributed by atoms with Crippen LogP contribution in [-0.2, 0) is 0 Å². The molecule has 1 aromatic rings. The normalized spacial score (nSPS) is 9.40. The summed E-state index contributed by atoms with van der Waals surface area (Å²) in [6.45, 7) is 2.40. The summed E-state index contributed by atoms with van der Waals surface area (Å²) < 4.78 is 17.4. The molecular weight excluding hydrogens is 131 g/mol. The van der Waals surface area contributed by atoms with Crippen molar-refractivity contribution in [3.63, 3.8) is 0 Å². The van der Waals surface area contributed by atoms with Crippen molar-refractivity contribution in [1.29, 1.82) is 0 Å². The predicted molar refractivity (Wildman–Crippen MR) is 36.4 cm³/mol. The molecule has 0 spiro atoms. The second-order valence-corrected chi connectivity index (χ2v) is 1.82. The smallest absolute Gasteiger partial charge is 0.127 e. The molecule has 0 bridgehead atoms. The summed E-state index contributed by atoms with van der Waals surface area (Å²) in [5.41, 5.74) is 0. The van der Waals surface area contributed by atoms with Crippen molar-refractivity contribution in [2.45, 2.75) is 6.92 Å². The van der Waals surface area contributed by atoms with E-state index in [2.05, 4.69) is 6.07 Å². The largest absolute Gasteiger partial charge is 0.494 e. The molecule has 0 aromatic heterocycles. The molecule has 0 fully saturated rings. The lowest BCUT2D eigenvalue weighted by Gasteiger charge is -2.00. The summed E-state index contributed by atoms with van der Waals surface area (Å²) in [4.78, 5) is 0. The van der Waals surface area contributed by atoms with Gasteiger partial charge >= 0.3 is 0 Å². The first-order valence-electron chi connectivity index (χ1n) is 3.12. The minimum absolute atomic E-state index is 0.314. The lowest BCUT2D eigenvalue weighted by Crippen LogP contribution is -1.90. The van der Waals surface area contributed by atoms with Crippen LogP contribution in [0.25, 0.3) is 0 Å². The molecule has 0 saturated heterocycles. The van der Waals surface area contributed by atoms with Crippen molar-refractivity contribution < 1.29 is 9.13 Å². The summed E-state index contributed by atoms with van der Waals surface area (Å²) >= 11 is 0. The highest BCUT2D eigenvalue weighted by Crippen LogP contribution is 2.10. The minimum atomic E-state index is -0.314. The van der Waals surface area contributed by atoms with Gasteiger partial charge in [0.25, 0.3) is 0 Å². The Labute approximate surface area is 59.4 Å². The van der Waals surface area contributed by atoms with Crippen LogP contribution in [0.4, 0.5) is 4.39 Å². The third-order valence-electron chi connectivity index (χ3n) is 1.04. The number of ether oxygens (including phenoxy) is 1. The highest BCUT2D eigenvalue weighted by molar-refractivity contribution is 5.21. The van der Waals surface area contributed by atoms with Gasteiger partial charge < -0.3 is 4.74 Å². The summed E-state index contributed by atoms with van der Waals surface area (Å²) in [6, 6.07) is 6.82. The molecular formula is C8H8FO. The Bertz CT molecular complexity index is 210. The number of hydrogen-bond acceptors (Lipinski definition) is 1. The molecule has 10 heavy (non-hydrogen) atoms. The zero-order chi connectivity index (χ0) is 7.40. The first kappa shape index (κ1) is 7.06. The van der Waals surface area contributed by atoms with Crippen molar-refractivity contribution in [2.75, 3.05) is 6.61 Å². The molecule has 1 radical (unpaired) electrons. The molecule has 1 aromatic carbocycles. The molecule has 0 aliphatic rings. The number of benzene rings is 1. The highest BCUT2D eigenvalue weighted by atomic mass is 19.1. The third-order valence-corrected chi connectivity index (χ3v) is 1.04. The van der Waals surface area contributed by atoms with Gasteiger partial charge in [0.1, 0.15) is 11.6 Å². The van der Waals surface area contributed by atoms with Crippen LogP contribution < -0.4 is 4.74 Å². The zero-order valence-electron chi connectivity index (χ0n) is 5.73. The van der Waals surface area contributed by atoms with Crippen molar-refractivity contribution in [2.24, 2.45) is 0 Å². The van der Waals surface area contributed by atoms with E-state index in [0.717, 1.165) is 0 Å². The van der Waals surface area contributed by atoms with Crippen LogP contribution in [0.1, 0.15) is 6.92 Å². The molecule has 0 saturated carbocycles. The van der Waals surface area contributed by atoms with Gasteiger partial charge in [-0.1, -0.05) is 0 Å². The van der Waals surface area contributed by atoms with E-state index in [-0.39, 0.29) is 5.82 Å². The number of hydrogen-bond donors (Lipinski definition) is 0. The van der Waals surface area contributed by atoms with E-state index in [1.807, 2.05) is 6.92 Å². The lowest BCUT2D eigenvalue weighted by molar-refractivity contribution is 0.338. The van der Waals surface area contributed by atoms with E-state index in [0.29, 0.717) is 12.4 Å². The van der Waals surface area contributed by atoms with Gasteiger partial charge in [-0.15, -0.1) is 0 Å². The van der Waals surface area contributed by atoms with Gasteiger partial charge in [0.2, 0.25) is 0 Å². The summed E-state index contributed by atoms with van der Waals surface area (Å²) in [7, 11) is 0. The summed E-state index contributed by atoms with van der Waals surface area (Å²) in [6.07, 6.45) is 0. The molecule has 1 nitrogen and oxygen atoms in total. The van der Waals surface area contributed by atoms with Crippen LogP contribution in [-0.4, -0.2) is 6.61 Å². The van der Waals surface area contributed by atoms with Gasteiger partial charge in [-0.05, 0) is 25.1 Å². The molecule has 0 aliphatic heterocycles. The van der Waals surface area contributed by atoms with Crippen LogP contribution in [0, 0.1) is 11.9 Å². The van der Waals surface area contributed by atoms with E-state index >= 15 is 0 Å². The summed E-state index contributed by atoms with van der Waals surface area (Å²) in [5, 5.41) is 0. The standard InChI is InChI=1S/C8H8FO/c1-2-10-8-5-3-4-7(9)6-8/h4-6H,2H2,1H3. The Balaban J connectivity index is 2.75. The maximum Gasteiger partial charge on any atom is 0.127 e. The fourth-order valence-electron chi connectivity index (χ4n) is 0.673. The third kappa shape index (κ3) is 1.72. The molecule has 0 N–H and O–H groups in total. The molecule has 0 amide bonds. The molecule has 0 aliphatic carbocycles. The highest BCUT2D eigenvalue weighted by Gasteiger charge is 1.92. The van der Waals surface area contributed by atoms with Crippen molar-refractivity contribution in [3.8, 4) is 5.75 Å². The van der Waals surface area contributed by atoms with Gasteiger partial charge in [0.15, 0.2) is 0 Å². The van der Waals surface area contributed by atoms with E-state index in [4.69, 9.17) is 4.74 Å². The molecule has 0 unspecified atom stereocenters. The van der Waals surface area contributed by atoms with E-state index in [9.17, 15) is 4.39 Å². The van der Waals surface area contributed by atoms with Gasteiger partial charge in [-0.2, -0.15) is 0 Å². The van der Waals surface area contributed by atoms with Crippen LogP contribution in [0.15, 0.2) is 18.2 Å². The maximum atomic E-state index is 12.4. The second kappa shape index (κ2) is 3.20. The van der Waals surface area contributed by atoms with E-state index in [1.54, 1.807) is 6.07 Å². The molecule has 53 valence electrons. The first-order valence-corrected chi connectivity index (χ1v) is 3.12. The molecule has 0 heterocycles. The molecule has 2 heteroatoms. The van der Waals surface area contributed by atoms with Crippen LogP contribution in [0.2, 0.25) is 0 Å². The fourth-order valence-corrected chi connectivity index (χ4v) is 0.673. The average molecular weight is 139 g/mol. The Kier molecular flexibility index (Phi) is 2.26. The quantitative estimate of drug-likeness (QED) is 0.609. The number of rotatable bonds is 2. The predicted octanol–water partition coefficient (Wildman–Crippen LogP) is 2.02. The van der Waals surface area contributed by atoms with E-state index < -0.39 is 0 Å². The van der Waals surface area contributed by atoms with Crippen molar-refractivity contribution in [1.82, 2.24) is 0 Å². The van der Waals surface area contributed by atoms with Crippen molar-refractivity contribution >= 4 is 0 Å². The van der Waals surface area contributed by atoms with Crippen LogP contribution in [0.3, 0.4) is 0 Å². The Hall–Kier alpha value is -1.05. The SMILES string of the molecule is CCOc1c[c]cc(F)c1. The minimum Gasteiger partial charge on any atom is -0.494 e. The topological polar surface area (TPSA) is 9.23 Å². The summed E-state index contributed by atoms with van der Waals surface area (Å²) in [5.74, 6) is 0.216.